The molecular formula is C8H15N2O2. The highest BCUT2D eigenvalue weighted by Crippen LogP contribution is 1.92. The maximum Gasteiger partial charge on any atom is 0.240 e. The molecule has 0 atom stereocenters. The molecule has 12 heavy (non-hydrogen) atoms. The van der Waals surface area contributed by atoms with Gasteiger partial charge in [-0.3, -0.25) is 15.3 Å². The molecule has 0 saturated heterocycles. The molecule has 0 fully saturated rings. The molecule has 0 bridgehead atoms. The van der Waals surface area contributed by atoms with Gasteiger partial charge in [-0.15, -0.1) is 0 Å². The lowest BCUT2D eigenvalue weighted by atomic mass is 10.2. The van der Waals surface area contributed by atoms with Crippen LogP contribution in [0.2, 0.25) is 0 Å². The third kappa shape index (κ3) is 7.05. The molecule has 2 amide bonds. The molecular weight excluding hydrogens is 156 g/mol. The van der Waals surface area contributed by atoms with E-state index in [0.29, 0.717) is 13.0 Å². The molecule has 0 rings (SSSR count). The Balaban J connectivity index is 3.25. The second kappa shape index (κ2) is 6.64. The van der Waals surface area contributed by atoms with Gasteiger partial charge in [0, 0.05) is 19.4 Å². The molecule has 0 aromatic rings. The van der Waals surface area contributed by atoms with Crippen LogP contribution in [0, 0.1) is 0 Å². The summed E-state index contributed by atoms with van der Waals surface area (Å²) in [6, 6.07) is 0. The minimum absolute atomic E-state index is 0.0295. The monoisotopic (exact) mass is 171 g/mol. The van der Waals surface area contributed by atoms with Crippen LogP contribution in [0.4, 0.5) is 0 Å². The number of carbonyl (C=O) groups is 2. The number of hydrogen-bond acceptors (Lipinski definition) is 2. The second-order valence-electron chi connectivity index (χ2n) is 2.63. The first-order chi connectivity index (χ1) is 5.66. The van der Waals surface area contributed by atoms with Crippen molar-refractivity contribution in [1.29, 1.82) is 0 Å². The fraction of sp³-hybridized carbons (Fsp3) is 0.750. The summed E-state index contributed by atoms with van der Waals surface area (Å²) in [5, 5.41) is 2.57. The third-order valence-electron chi connectivity index (χ3n) is 1.43. The van der Waals surface area contributed by atoms with Gasteiger partial charge in [0.25, 0.3) is 0 Å². The van der Waals surface area contributed by atoms with Crippen molar-refractivity contribution in [3.8, 4) is 0 Å². The predicted octanol–water partition coefficient (Wildman–Crippen LogP) is 0.492. The van der Waals surface area contributed by atoms with Crippen LogP contribution in [0.1, 0.15) is 32.6 Å². The van der Waals surface area contributed by atoms with Crippen molar-refractivity contribution in [3.05, 3.63) is 0 Å². The molecule has 0 spiro atoms. The van der Waals surface area contributed by atoms with Crippen molar-refractivity contribution in [2.24, 2.45) is 0 Å². The van der Waals surface area contributed by atoms with Gasteiger partial charge in [0.15, 0.2) is 0 Å². The summed E-state index contributed by atoms with van der Waals surface area (Å²) in [5.41, 5.74) is 6.57. The molecule has 0 saturated carbocycles. The van der Waals surface area contributed by atoms with Gasteiger partial charge in [-0.25, -0.2) is 0 Å². The molecule has 0 unspecified atom stereocenters. The fourth-order valence-electron chi connectivity index (χ4n) is 0.741. The van der Waals surface area contributed by atoms with Crippen LogP contribution in [0.3, 0.4) is 0 Å². The van der Waals surface area contributed by atoms with E-state index in [1.54, 1.807) is 0 Å². The van der Waals surface area contributed by atoms with Crippen molar-refractivity contribution in [1.82, 2.24) is 11.1 Å². The molecule has 2 N–H and O–H groups in total. The van der Waals surface area contributed by atoms with Gasteiger partial charge in [-0.1, -0.05) is 13.3 Å². The summed E-state index contributed by atoms with van der Waals surface area (Å²) in [5.74, 6) is -0.663. The highest BCUT2D eigenvalue weighted by atomic mass is 16.2. The smallest absolute Gasteiger partial charge is 0.240 e. The SMILES string of the molecule is CCCCC(=O)NCCC([NH])=O. The van der Waals surface area contributed by atoms with E-state index in [0.717, 1.165) is 12.8 Å². The van der Waals surface area contributed by atoms with E-state index in [4.69, 9.17) is 5.73 Å². The highest BCUT2D eigenvalue weighted by Gasteiger charge is 2.00. The van der Waals surface area contributed by atoms with E-state index in [1.807, 2.05) is 6.92 Å². The molecule has 4 nitrogen and oxygen atoms in total. The van der Waals surface area contributed by atoms with Crippen LogP contribution in [0.15, 0.2) is 0 Å². The zero-order valence-corrected chi connectivity index (χ0v) is 7.35. The maximum atomic E-state index is 10.9. The van der Waals surface area contributed by atoms with Gasteiger partial charge in [0.05, 0.1) is 0 Å². The van der Waals surface area contributed by atoms with Gasteiger partial charge >= 0.3 is 0 Å². The first-order valence-electron chi connectivity index (χ1n) is 4.18. The Kier molecular flexibility index (Phi) is 6.05. The topological polar surface area (TPSA) is 70.0 Å². The molecule has 0 heterocycles. The lowest BCUT2D eigenvalue weighted by Crippen LogP contribution is -2.25. The molecule has 0 aliphatic carbocycles. The summed E-state index contributed by atoms with van der Waals surface area (Å²) in [6.45, 7) is 2.31. The lowest BCUT2D eigenvalue weighted by Gasteiger charge is -2.01. The van der Waals surface area contributed by atoms with Gasteiger partial charge in [0.1, 0.15) is 0 Å². The lowest BCUT2D eigenvalue weighted by molar-refractivity contribution is -0.121. The molecule has 0 aromatic heterocycles. The van der Waals surface area contributed by atoms with Crippen LogP contribution in [0.25, 0.3) is 0 Å². The highest BCUT2D eigenvalue weighted by molar-refractivity contribution is 5.77. The number of rotatable bonds is 6. The van der Waals surface area contributed by atoms with E-state index in [9.17, 15) is 9.59 Å². The van der Waals surface area contributed by atoms with Crippen LogP contribution in [0.5, 0.6) is 0 Å². The van der Waals surface area contributed by atoms with E-state index in [-0.39, 0.29) is 12.3 Å². The van der Waals surface area contributed by atoms with E-state index in [1.165, 1.54) is 0 Å². The van der Waals surface area contributed by atoms with Crippen molar-refractivity contribution in [2.75, 3.05) is 6.54 Å². The Bertz CT molecular complexity index is 157. The van der Waals surface area contributed by atoms with E-state index < -0.39 is 5.91 Å². The van der Waals surface area contributed by atoms with Crippen LogP contribution in [-0.4, -0.2) is 18.4 Å². The van der Waals surface area contributed by atoms with Crippen LogP contribution >= 0.6 is 0 Å². The standard InChI is InChI=1S/C8H15N2O2/c1-2-3-4-8(12)10-6-5-7(9)11/h9H,2-6H2,1H3,(H,10,12). The van der Waals surface area contributed by atoms with Crippen molar-refractivity contribution < 1.29 is 9.59 Å². The van der Waals surface area contributed by atoms with E-state index in [2.05, 4.69) is 5.32 Å². The van der Waals surface area contributed by atoms with Crippen molar-refractivity contribution in [3.63, 3.8) is 0 Å². The largest absolute Gasteiger partial charge is 0.356 e. The van der Waals surface area contributed by atoms with E-state index >= 15 is 0 Å². The Hall–Kier alpha value is -1.06. The normalized spacial score (nSPS) is 9.42. The third-order valence-corrected chi connectivity index (χ3v) is 1.43. The van der Waals surface area contributed by atoms with Crippen molar-refractivity contribution >= 4 is 11.8 Å². The summed E-state index contributed by atoms with van der Waals surface area (Å²) in [6.07, 6.45) is 2.49. The van der Waals surface area contributed by atoms with Gasteiger partial charge in [0.2, 0.25) is 11.8 Å². The van der Waals surface area contributed by atoms with Gasteiger partial charge < -0.3 is 5.32 Å². The minimum atomic E-state index is -0.634. The van der Waals surface area contributed by atoms with Gasteiger partial charge in [-0.2, -0.15) is 0 Å². The molecule has 69 valence electrons. The first-order valence-corrected chi connectivity index (χ1v) is 4.18. The Morgan fingerprint density at radius 1 is 1.33 bits per heavy atom. The summed E-state index contributed by atoms with van der Waals surface area (Å²) in [7, 11) is 0. The quantitative estimate of drug-likeness (QED) is 0.632. The second-order valence-corrected chi connectivity index (χ2v) is 2.63. The first kappa shape index (κ1) is 10.9. The van der Waals surface area contributed by atoms with Crippen molar-refractivity contribution in [2.45, 2.75) is 32.6 Å². The summed E-state index contributed by atoms with van der Waals surface area (Å²) < 4.78 is 0. The molecule has 0 aromatic carbocycles. The number of nitrogens with one attached hydrogen (secondary N) is 2. The zero-order valence-electron chi connectivity index (χ0n) is 7.35. The summed E-state index contributed by atoms with van der Waals surface area (Å²) in [4.78, 5) is 21.1. The Morgan fingerprint density at radius 2 is 2.00 bits per heavy atom. The van der Waals surface area contributed by atoms with Crippen LogP contribution in [-0.2, 0) is 9.59 Å². The summed E-state index contributed by atoms with van der Waals surface area (Å²) >= 11 is 0. The molecule has 0 aliphatic heterocycles. The molecule has 4 heteroatoms. The maximum absolute atomic E-state index is 10.9. The average molecular weight is 171 g/mol. The zero-order chi connectivity index (χ0) is 9.40. The fourth-order valence-corrected chi connectivity index (χ4v) is 0.741. The molecule has 0 aliphatic rings. The number of amides is 2. The van der Waals surface area contributed by atoms with Gasteiger partial charge in [-0.05, 0) is 6.42 Å². The number of carbonyl (C=O) groups excluding carboxylic acids is 2. The Morgan fingerprint density at radius 3 is 2.50 bits per heavy atom. The van der Waals surface area contributed by atoms with Crippen LogP contribution < -0.4 is 11.1 Å². The minimum Gasteiger partial charge on any atom is -0.356 e. The number of hydrogen-bond donors (Lipinski definition) is 1. The predicted molar refractivity (Wildman–Crippen MR) is 45.3 cm³/mol. The number of unbranched alkanes of at least 4 members (excludes halogenated alkanes) is 1. The Labute approximate surface area is 72.5 Å². The molecule has 1 radical (unpaired) electrons. The average Bonchev–Trinajstić information content (AvgIpc) is 2.00.